The number of hydrogen-bond donors (Lipinski definition) is 2. The number of benzene rings is 2. The van der Waals surface area contributed by atoms with Crippen molar-refractivity contribution in [3.8, 4) is 21.7 Å². The van der Waals surface area contributed by atoms with Crippen molar-refractivity contribution in [2.45, 2.75) is 39.4 Å². The molecule has 1 amide bonds. The van der Waals surface area contributed by atoms with E-state index in [1.807, 2.05) is 53.4 Å². The van der Waals surface area contributed by atoms with E-state index in [1.165, 1.54) is 0 Å². The minimum Gasteiger partial charge on any atom is -0.481 e. The molecule has 0 unspecified atom stereocenters. The zero-order chi connectivity index (χ0) is 34.9. The maximum Gasteiger partial charge on any atom is 0.307 e. The van der Waals surface area contributed by atoms with Gasteiger partial charge in [-0.15, -0.1) is 11.3 Å². The Hall–Kier alpha value is -4.26. The third kappa shape index (κ3) is 7.01. The van der Waals surface area contributed by atoms with E-state index in [9.17, 15) is 14.7 Å². The van der Waals surface area contributed by atoms with Gasteiger partial charge in [0.2, 0.25) is 5.91 Å². The van der Waals surface area contributed by atoms with Crippen LogP contribution in [0.25, 0.3) is 32.6 Å². The van der Waals surface area contributed by atoms with E-state index in [0.717, 1.165) is 72.1 Å². The van der Waals surface area contributed by atoms with E-state index in [2.05, 4.69) is 30.0 Å². The third-order valence-corrected chi connectivity index (χ3v) is 11.3. The maximum absolute atomic E-state index is 12.8. The third-order valence-electron chi connectivity index (χ3n) is 9.74. The Morgan fingerprint density at radius 1 is 1.08 bits per heavy atom. The highest BCUT2D eigenvalue weighted by molar-refractivity contribution is 7.15. The number of thiazole rings is 1. The first-order chi connectivity index (χ1) is 24.2. The zero-order valence-corrected chi connectivity index (χ0v) is 29.7. The molecule has 12 heteroatoms. The number of carboxylic acids is 1. The average molecular weight is 711 g/mol. The highest BCUT2D eigenvalue weighted by Gasteiger charge is 2.29. The Morgan fingerprint density at radius 3 is 2.66 bits per heavy atom. The van der Waals surface area contributed by atoms with Gasteiger partial charge < -0.3 is 15.1 Å². The van der Waals surface area contributed by atoms with Gasteiger partial charge in [-0.1, -0.05) is 48.0 Å². The van der Waals surface area contributed by atoms with Crippen LogP contribution in [0, 0.1) is 12.8 Å². The number of carboxylic acid groups (broad SMARTS) is 1. The second-order valence-electron chi connectivity index (χ2n) is 13.3. The van der Waals surface area contributed by atoms with Crippen molar-refractivity contribution in [3.63, 3.8) is 0 Å². The number of fused-ring (bicyclic) bond motifs is 2. The molecule has 258 valence electrons. The van der Waals surface area contributed by atoms with Crippen molar-refractivity contribution in [1.29, 1.82) is 0 Å². The second-order valence-corrected chi connectivity index (χ2v) is 14.7. The minimum absolute atomic E-state index is 0.0236. The number of aliphatic hydroxyl groups is 1. The number of likely N-dealkylation sites (tertiary alicyclic amines) is 1. The number of aliphatic hydroxyl groups excluding tert-OH is 1. The molecule has 2 aliphatic rings. The van der Waals surface area contributed by atoms with Gasteiger partial charge >= 0.3 is 5.97 Å². The summed E-state index contributed by atoms with van der Waals surface area (Å²) >= 11 is 8.80. The number of likely N-dealkylation sites (N-methyl/N-ethyl adjacent to an activating group) is 1. The number of pyridine rings is 2. The SMILES string of the molecule is Cc1c(-c2nc3c(s2)CN(C(=O)CN(C)CCO)C3)cccc1-c1cccc(Cc2nccc3cc(CN4CC[C@@H](C(=O)O)C4)cnc23)c1Cl. The fourth-order valence-electron chi connectivity index (χ4n) is 6.99. The fraction of sp³-hybridized carbons (Fsp3) is 0.342. The monoisotopic (exact) mass is 710 g/mol. The second kappa shape index (κ2) is 14.5. The number of aliphatic carboxylic acids is 1. The van der Waals surface area contributed by atoms with Crippen LogP contribution in [0.15, 0.2) is 60.9 Å². The van der Waals surface area contributed by atoms with E-state index in [-0.39, 0.29) is 25.0 Å². The van der Waals surface area contributed by atoms with Crippen LogP contribution in [-0.4, -0.2) is 91.6 Å². The van der Waals surface area contributed by atoms with Crippen LogP contribution in [0.3, 0.4) is 0 Å². The Bertz CT molecular complexity index is 2060. The molecule has 0 saturated carbocycles. The quantitative estimate of drug-likeness (QED) is 0.179. The molecule has 5 aromatic rings. The Balaban J connectivity index is 1.09. The van der Waals surface area contributed by atoms with E-state index in [4.69, 9.17) is 31.7 Å². The largest absolute Gasteiger partial charge is 0.481 e. The van der Waals surface area contributed by atoms with Crippen LogP contribution >= 0.6 is 22.9 Å². The van der Waals surface area contributed by atoms with Crippen LogP contribution < -0.4 is 0 Å². The molecule has 0 bridgehead atoms. The normalized spacial score (nSPS) is 16.1. The van der Waals surface area contributed by atoms with Gasteiger partial charge in [0.1, 0.15) is 5.01 Å². The standard InChI is InChI=1S/C38H39ClN6O4S/c1-23-28(6-4-7-29(23)37-42-32-20-45(21-33(32)50-37)34(47)22-43(2)13-14-46)30-8-3-5-25(35(30)39)16-31-36-26(9-11-40-31)15-24(17-41-36)18-44-12-10-27(19-44)38(48)49/h3-9,11,15,17,27,46H,10,12-14,16,18-22H2,1-2H3,(H,48,49)/t27-/m1/s1. The van der Waals surface area contributed by atoms with Crippen molar-refractivity contribution in [1.82, 2.24) is 29.7 Å². The summed E-state index contributed by atoms with van der Waals surface area (Å²) in [6, 6.07) is 16.4. The Morgan fingerprint density at radius 2 is 1.88 bits per heavy atom. The molecule has 3 aromatic heterocycles. The molecule has 2 aromatic carbocycles. The fourth-order valence-corrected chi connectivity index (χ4v) is 8.46. The first-order valence-electron chi connectivity index (χ1n) is 16.8. The van der Waals surface area contributed by atoms with Gasteiger partial charge in [0.25, 0.3) is 0 Å². The van der Waals surface area contributed by atoms with Crippen molar-refractivity contribution < 1.29 is 19.8 Å². The molecule has 5 heterocycles. The lowest BCUT2D eigenvalue weighted by Gasteiger charge is -2.20. The van der Waals surface area contributed by atoms with Gasteiger partial charge in [0, 0.05) is 59.8 Å². The zero-order valence-electron chi connectivity index (χ0n) is 28.1. The molecular weight excluding hydrogens is 672 g/mol. The van der Waals surface area contributed by atoms with Gasteiger partial charge in [-0.25, -0.2) is 4.98 Å². The number of rotatable bonds is 11. The molecule has 1 fully saturated rings. The molecule has 0 spiro atoms. The Kier molecular flexibility index (Phi) is 9.94. The average Bonchev–Trinajstić information content (AvgIpc) is 3.82. The van der Waals surface area contributed by atoms with Crippen LogP contribution in [-0.2, 0) is 35.6 Å². The topological polar surface area (TPSA) is 123 Å². The van der Waals surface area contributed by atoms with E-state index >= 15 is 0 Å². The highest BCUT2D eigenvalue weighted by atomic mass is 35.5. The van der Waals surface area contributed by atoms with Crippen molar-refractivity contribution >= 4 is 45.7 Å². The van der Waals surface area contributed by atoms with Crippen LogP contribution in [0.5, 0.6) is 0 Å². The van der Waals surface area contributed by atoms with E-state index in [1.54, 1.807) is 17.5 Å². The van der Waals surface area contributed by atoms with Gasteiger partial charge in [-0.2, -0.15) is 0 Å². The maximum atomic E-state index is 12.8. The number of aromatic nitrogens is 3. The van der Waals surface area contributed by atoms with Crippen LogP contribution in [0.1, 0.15) is 39.4 Å². The number of amides is 1. The number of nitrogens with zero attached hydrogens (tertiary/aromatic N) is 6. The lowest BCUT2D eigenvalue weighted by molar-refractivity contribution is -0.141. The molecular formula is C38H39ClN6O4S. The Labute approximate surface area is 300 Å². The van der Waals surface area contributed by atoms with Crippen molar-refractivity contribution in [2.75, 3.05) is 39.8 Å². The number of carbonyl (C=O) groups is 2. The van der Waals surface area contributed by atoms with Gasteiger partial charge in [0.05, 0.1) is 54.1 Å². The minimum atomic E-state index is -0.726. The predicted octanol–water partition coefficient (Wildman–Crippen LogP) is 5.65. The predicted molar refractivity (Wildman–Crippen MR) is 195 cm³/mol. The molecule has 0 aliphatic carbocycles. The van der Waals surface area contributed by atoms with E-state index in [0.29, 0.717) is 50.6 Å². The molecule has 10 nitrogen and oxygen atoms in total. The summed E-state index contributed by atoms with van der Waals surface area (Å²) in [5.74, 6) is -0.995. The molecule has 1 atom stereocenters. The number of hydrogen-bond acceptors (Lipinski definition) is 9. The summed E-state index contributed by atoms with van der Waals surface area (Å²) in [7, 11) is 1.83. The van der Waals surface area contributed by atoms with Gasteiger partial charge in [-0.05, 0) is 61.3 Å². The molecule has 1 saturated heterocycles. The van der Waals surface area contributed by atoms with Crippen LogP contribution in [0.2, 0.25) is 5.02 Å². The summed E-state index contributed by atoms with van der Waals surface area (Å²) in [5.41, 5.74) is 8.74. The first-order valence-corrected chi connectivity index (χ1v) is 18.0. The summed E-state index contributed by atoms with van der Waals surface area (Å²) < 4.78 is 0. The molecule has 0 radical (unpaired) electrons. The molecule has 50 heavy (non-hydrogen) atoms. The summed E-state index contributed by atoms with van der Waals surface area (Å²) in [6.45, 7) is 5.90. The molecule has 2 N–H and O–H groups in total. The first kappa shape index (κ1) is 34.2. The lowest BCUT2D eigenvalue weighted by Crippen LogP contribution is -2.37. The lowest BCUT2D eigenvalue weighted by atomic mass is 9.94. The summed E-state index contributed by atoms with van der Waals surface area (Å²) in [4.78, 5) is 45.6. The van der Waals surface area contributed by atoms with Gasteiger partial charge in [0.15, 0.2) is 0 Å². The highest BCUT2D eigenvalue weighted by Crippen LogP contribution is 2.40. The van der Waals surface area contributed by atoms with Gasteiger partial charge in [-0.3, -0.25) is 29.4 Å². The van der Waals surface area contributed by atoms with E-state index < -0.39 is 5.97 Å². The molecule has 7 rings (SSSR count). The van der Waals surface area contributed by atoms with Crippen molar-refractivity contribution in [3.05, 3.63) is 98.9 Å². The summed E-state index contributed by atoms with van der Waals surface area (Å²) in [6.07, 6.45) is 4.87. The molecule has 2 aliphatic heterocycles. The smallest absolute Gasteiger partial charge is 0.307 e. The number of carbonyl (C=O) groups excluding carboxylic acids is 1. The van der Waals surface area contributed by atoms with Crippen molar-refractivity contribution in [2.24, 2.45) is 5.92 Å². The van der Waals surface area contributed by atoms with Crippen LogP contribution in [0.4, 0.5) is 0 Å². The summed E-state index contributed by atoms with van der Waals surface area (Å²) in [5, 5.41) is 21.1. The number of halogens is 1.